The molecule has 2 saturated carbocycles. The molecule has 0 aromatic heterocycles. The molecular weight excluding hydrogens is 813 g/mol. The Bertz CT molecular complexity index is 2280. The minimum Gasteiger partial charge on any atom is -0.490 e. The van der Waals surface area contributed by atoms with E-state index in [0.29, 0.717) is 57.1 Å². The first-order chi connectivity index (χ1) is 32.0. The van der Waals surface area contributed by atoms with Crippen molar-refractivity contribution in [3.63, 3.8) is 0 Å². The average molecular weight is 881 g/mol. The molecule has 344 valence electrons. The molecule has 3 aliphatic carbocycles. The Morgan fingerprint density at radius 3 is 2.40 bits per heavy atom. The van der Waals surface area contributed by atoms with Gasteiger partial charge in [-0.15, -0.1) is 6.58 Å². The number of hydrogen-bond acceptors (Lipinski definition) is 8. The topological polar surface area (TPSA) is 110 Å². The largest absolute Gasteiger partial charge is 0.490 e. The Morgan fingerprint density at radius 1 is 0.862 bits per heavy atom. The van der Waals surface area contributed by atoms with Gasteiger partial charge in [0.05, 0.1) is 18.2 Å². The molecular formula is C56H68N2O7. The third kappa shape index (κ3) is 10.4. The first-order valence-corrected chi connectivity index (χ1v) is 24.2. The van der Waals surface area contributed by atoms with E-state index in [2.05, 4.69) is 72.7 Å². The Morgan fingerprint density at radius 2 is 1.62 bits per heavy atom. The zero-order valence-electron chi connectivity index (χ0n) is 38.0. The van der Waals surface area contributed by atoms with Crippen molar-refractivity contribution in [2.24, 2.45) is 28.8 Å². The number of ether oxygens (including phenoxy) is 3. The zero-order valence-corrected chi connectivity index (χ0v) is 38.0. The van der Waals surface area contributed by atoms with Gasteiger partial charge in [0.25, 0.3) is 0 Å². The van der Waals surface area contributed by atoms with Crippen molar-refractivity contribution in [1.29, 1.82) is 0 Å². The highest BCUT2D eigenvalue weighted by molar-refractivity contribution is 6.03. The van der Waals surface area contributed by atoms with Crippen molar-refractivity contribution in [2.75, 3.05) is 26.4 Å². The molecule has 0 saturated heterocycles. The summed E-state index contributed by atoms with van der Waals surface area (Å²) >= 11 is 0. The van der Waals surface area contributed by atoms with Gasteiger partial charge in [-0.3, -0.25) is 4.79 Å². The lowest BCUT2D eigenvalue weighted by molar-refractivity contribution is -0.258. The van der Waals surface area contributed by atoms with Crippen molar-refractivity contribution < 1.29 is 34.1 Å². The molecule has 1 heterocycles. The normalized spacial score (nSPS) is 24.1. The predicted molar refractivity (Wildman–Crippen MR) is 258 cm³/mol. The summed E-state index contributed by atoms with van der Waals surface area (Å²) in [5.74, 6) is 0.356. The number of hydrogen-bond donors (Lipinski definition) is 2. The predicted octanol–water partition coefficient (Wildman–Crippen LogP) is 11.2. The van der Waals surface area contributed by atoms with E-state index in [9.17, 15) is 10.2 Å². The van der Waals surface area contributed by atoms with Crippen LogP contribution in [0.5, 0.6) is 11.5 Å². The summed E-state index contributed by atoms with van der Waals surface area (Å²) in [7, 11) is 0. The second kappa shape index (κ2) is 22.3. The van der Waals surface area contributed by atoms with E-state index in [0.717, 1.165) is 89.4 Å². The van der Waals surface area contributed by atoms with Gasteiger partial charge in [-0.2, -0.15) is 0 Å². The van der Waals surface area contributed by atoms with Crippen LogP contribution in [-0.4, -0.2) is 65.0 Å². The maximum atomic E-state index is 15.5. The monoisotopic (exact) mass is 881 g/mol. The van der Waals surface area contributed by atoms with Gasteiger partial charge in [-0.05, 0) is 95.5 Å². The number of benzene rings is 4. The van der Waals surface area contributed by atoms with E-state index in [1.54, 1.807) is 12.2 Å². The first kappa shape index (κ1) is 46.3. The van der Waals surface area contributed by atoms with Crippen molar-refractivity contribution in [3.8, 4) is 11.5 Å². The highest BCUT2D eigenvalue weighted by Gasteiger charge is 2.65. The number of unbranched alkanes of at least 4 members (excludes halogenated alkanes) is 2. The van der Waals surface area contributed by atoms with Crippen molar-refractivity contribution in [1.82, 2.24) is 4.90 Å². The zero-order chi connectivity index (χ0) is 45.0. The molecule has 9 nitrogen and oxygen atoms in total. The third-order valence-corrected chi connectivity index (χ3v) is 14.4. The molecule has 1 aliphatic heterocycles. The van der Waals surface area contributed by atoms with Crippen molar-refractivity contribution >= 4 is 22.4 Å². The van der Waals surface area contributed by atoms with Gasteiger partial charge < -0.3 is 34.2 Å². The number of carbonyl (C=O) groups excluding carboxylic acids is 1. The van der Waals surface area contributed by atoms with Gasteiger partial charge in [-0.1, -0.05) is 141 Å². The van der Waals surface area contributed by atoms with Crippen LogP contribution in [-0.2, 0) is 27.5 Å². The third-order valence-electron chi connectivity index (χ3n) is 14.4. The molecule has 6 atom stereocenters. The second-order valence-electron chi connectivity index (χ2n) is 18.5. The van der Waals surface area contributed by atoms with Crippen LogP contribution in [0.2, 0.25) is 0 Å². The highest BCUT2D eigenvalue weighted by Crippen LogP contribution is 2.62. The summed E-state index contributed by atoms with van der Waals surface area (Å²) in [4.78, 5) is 23.9. The molecule has 8 rings (SSSR count). The number of aliphatic hydroxyl groups excluding tert-OH is 2. The average Bonchev–Trinajstić information content (AvgIpc) is 3.87. The quantitative estimate of drug-likeness (QED) is 0.0434. The van der Waals surface area contributed by atoms with Crippen LogP contribution < -0.4 is 9.47 Å². The lowest BCUT2D eigenvalue weighted by atomic mass is 9.55. The summed E-state index contributed by atoms with van der Waals surface area (Å²) in [6.45, 7) is 9.49. The molecule has 2 N–H and O–H groups in total. The molecule has 4 aromatic rings. The highest BCUT2D eigenvalue weighted by atomic mass is 16.7. The maximum absolute atomic E-state index is 15.5. The molecule has 4 aliphatic rings. The van der Waals surface area contributed by atoms with Crippen LogP contribution >= 0.6 is 0 Å². The molecule has 0 radical (unpaired) electrons. The van der Waals surface area contributed by atoms with Gasteiger partial charge in [0, 0.05) is 44.1 Å². The minimum atomic E-state index is -1.35. The fraction of sp³-hybridized carbons (Fsp3) is 0.464. The Balaban J connectivity index is 1.34. The van der Waals surface area contributed by atoms with Crippen LogP contribution in [0, 0.1) is 23.7 Å². The van der Waals surface area contributed by atoms with Gasteiger partial charge in [0.15, 0.2) is 0 Å². The van der Waals surface area contributed by atoms with Gasteiger partial charge in [0.2, 0.25) is 11.7 Å². The van der Waals surface area contributed by atoms with Crippen molar-refractivity contribution in [2.45, 2.75) is 114 Å². The Hall–Kier alpha value is -5.22. The van der Waals surface area contributed by atoms with Crippen LogP contribution in [0.4, 0.5) is 0 Å². The number of aliphatic hydroxyl groups is 2. The standard InChI is InChI=1S/C56H68N2O7/c1-3-33-62-45-28-29-51-49(36-45)54-47(26-13-15-32-60)43(22-12-14-31-59)35-48-50(57-64-39-41-19-6-5-7-20-41)37-52(56(65-51,55(48)54)63-34-4-2)58(53(61)30-27-40-17-8-9-18-40)38-44-24-16-23-42-21-10-11-25-46(42)44/h3-7,10-11,16,19-21,23-25,28-29,35-36,40,43,47,52,54-55,59-60H,1-2,8-9,12-15,17-18,22,26-27,30-34,37-39H2. The van der Waals surface area contributed by atoms with E-state index < -0.39 is 17.7 Å². The van der Waals surface area contributed by atoms with Gasteiger partial charge in [0.1, 0.15) is 30.8 Å². The second-order valence-corrected chi connectivity index (χ2v) is 18.5. The van der Waals surface area contributed by atoms with Crippen LogP contribution in [0.25, 0.3) is 10.8 Å². The van der Waals surface area contributed by atoms with Crippen LogP contribution in [0.15, 0.2) is 133 Å². The lowest BCUT2D eigenvalue weighted by Gasteiger charge is -2.60. The molecule has 6 unspecified atom stereocenters. The fourth-order valence-electron chi connectivity index (χ4n) is 11.4. The summed E-state index contributed by atoms with van der Waals surface area (Å²) in [6, 6.07) is 30.3. The number of amides is 1. The fourth-order valence-corrected chi connectivity index (χ4v) is 11.4. The summed E-state index contributed by atoms with van der Waals surface area (Å²) in [5.41, 5.74) is 4.90. The molecule has 2 fully saturated rings. The number of allylic oxidation sites excluding steroid dienone is 1. The Labute approximate surface area is 385 Å². The lowest BCUT2D eigenvalue weighted by Crippen LogP contribution is -2.70. The number of nitrogens with zero attached hydrogens (tertiary/aromatic N) is 2. The first-order valence-electron chi connectivity index (χ1n) is 24.2. The molecule has 0 spiro atoms. The van der Waals surface area contributed by atoms with E-state index in [-0.39, 0.29) is 43.5 Å². The molecule has 1 amide bonds. The summed E-state index contributed by atoms with van der Waals surface area (Å²) in [5, 5.41) is 27.3. The molecule has 9 heteroatoms. The van der Waals surface area contributed by atoms with E-state index in [4.69, 9.17) is 24.2 Å². The molecule has 4 aromatic carbocycles. The van der Waals surface area contributed by atoms with E-state index in [1.165, 1.54) is 12.8 Å². The van der Waals surface area contributed by atoms with Gasteiger partial charge >= 0.3 is 0 Å². The van der Waals surface area contributed by atoms with E-state index in [1.807, 2.05) is 42.5 Å². The SMILES string of the molecule is C=CCOc1ccc2c(c1)C1C(CCCCO)C(CCCCO)C=C3C(=NOCc4ccccc4)CC(N(Cc4cccc5ccccc45)C(=O)CCC4CCCC4)C(OCC=C)(O2)C31. The van der Waals surface area contributed by atoms with Gasteiger partial charge in [-0.25, -0.2) is 0 Å². The Kier molecular flexibility index (Phi) is 15.9. The van der Waals surface area contributed by atoms with Crippen LogP contribution in [0.1, 0.15) is 106 Å². The molecule has 65 heavy (non-hydrogen) atoms. The minimum absolute atomic E-state index is 0.0738. The number of fused-ring (bicyclic) bond motifs is 3. The van der Waals surface area contributed by atoms with Crippen molar-refractivity contribution in [3.05, 3.63) is 145 Å². The smallest absolute Gasteiger partial charge is 0.239 e. The van der Waals surface area contributed by atoms with E-state index >= 15 is 4.79 Å². The maximum Gasteiger partial charge on any atom is 0.239 e. The number of oxime groups is 1. The summed E-state index contributed by atoms with van der Waals surface area (Å²) in [6.07, 6.45) is 17.1. The molecule has 0 bridgehead atoms. The number of rotatable bonds is 23. The number of carbonyl (C=O) groups is 1. The van der Waals surface area contributed by atoms with Crippen LogP contribution in [0.3, 0.4) is 0 Å². The summed E-state index contributed by atoms with van der Waals surface area (Å²) < 4.78 is 21.1.